The number of hydrogen-bond acceptors (Lipinski definition) is 2. The van der Waals surface area contributed by atoms with E-state index in [1.165, 1.54) is 49.4 Å². The normalized spacial score (nSPS) is 16.3. The first-order chi connectivity index (χ1) is 10.1. The van der Waals surface area contributed by atoms with Gasteiger partial charge in [0.2, 0.25) is 4.77 Å². The van der Waals surface area contributed by atoms with Gasteiger partial charge in [-0.25, -0.2) is 4.39 Å². The summed E-state index contributed by atoms with van der Waals surface area (Å²) < 4.78 is 17.5. The van der Waals surface area contributed by atoms with Crippen molar-refractivity contribution in [1.82, 2.24) is 14.3 Å². The first kappa shape index (κ1) is 14.4. The van der Waals surface area contributed by atoms with Crippen molar-refractivity contribution in [1.29, 1.82) is 0 Å². The van der Waals surface area contributed by atoms with E-state index >= 15 is 0 Å². The number of halogens is 1. The van der Waals surface area contributed by atoms with Crippen molar-refractivity contribution in [3.05, 3.63) is 34.9 Å². The van der Waals surface area contributed by atoms with Gasteiger partial charge in [-0.3, -0.25) is 0 Å². The number of nitrogens with one attached hydrogen (secondary N) is 1. The fourth-order valence-corrected chi connectivity index (χ4v) is 3.05. The van der Waals surface area contributed by atoms with Crippen molar-refractivity contribution in [2.75, 3.05) is 13.1 Å². The van der Waals surface area contributed by atoms with E-state index in [1.807, 2.05) is 16.3 Å². The van der Waals surface area contributed by atoms with Crippen LogP contribution in [0.3, 0.4) is 0 Å². The minimum atomic E-state index is -0.239. The molecule has 0 radical (unpaired) electrons. The third kappa shape index (κ3) is 3.06. The van der Waals surface area contributed by atoms with Crippen LogP contribution in [0.1, 0.15) is 19.3 Å². The summed E-state index contributed by atoms with van der Waals surface area (Å²) in [5.41, 5.74) is 0.886. The van der Waals surface area contributed by atoms with Gasteiger partial charge >= 0.3 is 0 Å². The van der Waals surface area contributed by atoms with Crippen LogP contribution in [0, 0.1) is 10.6 Å². The Morgan fingerprint density at radius 2 is 1.86 bits per heavy atom. The van der Waals surface area contributed by atoms with Gasteiger partial charge in [-0.15, -0.1) is 5.10 Å². The minimum absolute atomic E-state index is 0.239. The highest BCUT2D eigenvalue weighted by Crippen LogP contribution is 2.17. The second-order valence-electron chi connectivity index (χ2n) is 5.64. The van der Waals surface area contributed by atoms with Gasteiger partial charge in [-0.2, -0.15) is 4.68 Å². The van der Waals surface area contributed by atoms with E-state index in [-0.39, 0.29) is 5.82 Å². The average molecular weight is 307 g/mol. The second-order valence-corrected chi connectivity index (χ2v) is 6.01. The van der Waals surface area contributed by atoms with Gasteiger partial charge in [-0.05, 0) is 55.7 Å². The molecular weight excluding hydrogens is 287 g/mol. The number of quaternary nitrogens is 1. The molecule has 1 aliphatic heterocycles. The average Bonchev–Trinajstić information content (AvgIpc) is 2.78. The van der Waals surface area contributed by atoms with Crippen LogP contribution in [0.2, 0.25) is 0 Å². The van der Waals surface area contributed by atoms with Crippen molar-refractivity contribution < 1.29 is 9.29 Å². The molecule has 0 bridgehead atoms. The molecule has 4 nitrogen and oxygen atoms in total. The molecule has 1 N–H and O–H groups in total. The molecule has 1 saturated heterocycles. The number of rotatable bonds is 3. The van der Waals surface area contributed by atoms with E-state index < -0.39 is 0 Å². The molecular formula is C15H20FN4S+. The van der Waals surface area contributed by atoms with Crippen molar-refractivity contribution in [2.24, 2.45) is 7.05 Å². The highest BCUT2D eigenvalue weighted by molar-refractivity contribution is 7.71. The maximum Gasteiger partial charge on any atom is 0.202 e. The van der Waals surface area contributed by atoms with Crippen molar-refractivity contribution in [2.45, 2.75) is 25.9 Å². The molecule has 0 saturated carbocycles. The molecule has 1 aromatic carbocycles. The third-order valence-corrected chi connectivity index (χ3v) is 4.56. The van der Waals surface area contributed by atoms with Crippen molar-refractivity contribution in [3.63, 3.8) is 0 Å². The summed E-state index contributed by atoms with van der Waals surface area (Å²) >= 11 is 5.48. The lowest BCUT2D eigenvalue weighted by molar-refractivity contribution is -0.928. The van der Waals surface area contributed by atoms with E-state index in [2.05, 4.69) is 5.10 Å². The van der Waals surface area contributed by atoms with Gasteiger partial charge in [0, 0.05) is 12.6 Å². The molecule has 1 fully saturated rings. The Balaban J connectivity index is 1.88. The molecule has 0 aliphatic carbocycles. The van der Waals surface area contributed by atoms with Gasteiger partial charge in [0.25, 0.3) is 0 Å². The van der Waals surface area contributed by atoms with Crippen LogP contribution >= 0.6 is 12.2 Å². The molecule has 2 heterocycles. The van der Waals surface area contributed by atoms with Crippen LogP contribution < -0.4 is 4.90 Å². The van der Waals surface area contributed by atoms with Crippen LogP contribution in [-0.4, -0.2) is 27.4 Å². The quantitative estimate of drug-likeness (QED) is 0.875. The van der Waals surface area contributed by atoms with E-state index in [4.69, 9.17) is 12.2 Å². The molecule has 1 aliphatic rings. The highest BCUT2D eigenvalue weighted by atomic mass is 32.1. The Morgan fingerprint density at radius 3 is 2.52 bits per heavy atom. The molecule has 6 heteroatoms. The van der Waals surface area contributed by atoms with Crippen LogP contribution in [0.15, 0.2) is 24.3 Å². The summed E-state index contributed by atoms with van der Waals surface area (Å²) in [6, 6.07) is 6.38. The maximum absolute atomic E-state index is 13.0. The number of piperidine rings is 1. The Bertz CT molecular complexity index is 668. The summed E-state index contributed by atoms with van der Waals surface area (Å²) in [5.74, 6) is 0.550. The zero-order valence-corrected chi connectivity index (χ0v) is 13.0. The van der Waals surface area contributed by atoms with E-state index in [9.17, 15) is 4.39 Å². The summed E-state index contributed by atoms with van der Waals surface area (Å²) in [6.45, 7) is 3.18. The molecule has 0 atom stereocenters. The second kappa shape index (κ2) is 6.07. The number of likely N-dealkylation sites (tertiary alicyclic amines) is 1. The topological polar surface area (TPSA) is 27.2 Å². The first-order valence-electron chi connectivity index (χ1n) is 7.38. The number of hydrogen-bond donors (Lipinski definition) is 1. The Labute approximate surface area is 128 Å². The Hall–Kier alpha value is -1.53. The van der Waals surface area contributed by atoms with Crippen LogP contribution in [0.5, 0.6) is 0 Å². The van der Waals surface area contributed by atoms with Gasteiger partial charge in [0.1, 0.15) is 5.82 Å². The first-order valence-corrected chi connectivity index (χ1v) is 7.79. The van der Waals surface area contributed by atoms with E-state index in [0.717, 1.165) is 18.1 Å². The molecule has 0 unspecified atom stereocenters. The fourth-order valence-electron chi connectivity index (χ4n) is 2.86. The Kier molecular flexibility index (Phi) is 4.17. The summed E-state index contributed by atoms with van der Waals surface area (Å²) in [7, 11) is 1.91. The monoisotopic (exact) mass is 307 g/mol. The molecule has 3 rings (SSSR count). The van der Waals surface area contributed by atoms with Crippen molar-refractivity contribution in [3.8, 4) is 11.4 Å². The molecule has 2 aromatic rings. The number of aromatic nitrogens is 3. The maximum atomic E-state index is 13.0. The lowest BCUT2D eigenvalue weighted by atomic mass is 10.1. The zero-order valence-electron chi connectivity index (χ0n) is 12.2. The highest BCUT2D eigenvalue weighted by Gasteiger charge is 2.17. The molecule has 112 valence electrons. The zero-order chi connectivity index (χ0) is 14.8. The predicted octanol–water partition coefficient (Wildman–Crippen LogP) is 1.78. The molecule has 0 spiro atoms. The van der Waals surface area contributed by atoms with Gasteiger partial charge in [-0.1, -0.05) is 0 Å². The standard InChI is InChI=1S/C15H19FN4S/c1-18-14(12-5-7-13(16)8-6-12)17-20(15(18)21)11-19-9-3-2-4-10-19/h5-8H,2-4,9-11H2,1H3/p+1. The smallest absolute Gasteiger partial charge is 0.202 e. The molecule has 0 amide bonds. The third-order valence-electron chi connectivity index (χ3n) is 4.08. The lowest BCUT2D eigenvalue weighted by Gasteiger charge is -2.22. The summed E-state index contributed by atoms with van der Waals surface area (Å²) in [5, 5.41) is 4.64. The van der Waals surface area contributed by atoms with Gasteiger partial charge < -0.3 is 9.47 Å². The van der Waals surface area contributed by atoms with Crippen LogP contribution in [0.25, 0.3) is 11.4 Å². The van der Waals surface area contributed by atoms with Crippen LogP contribution in [-0.2, 0) is 13.7 Å². The van der Waals surface area contributed by atoms with Crippen LogP contribution in [0.4, 0.5) is 4.39 Å². The SMILES string of the molecule is Cn1c(-c2ccc(F)cc2)nn(C[NH+]2CCCCC2)c1=S. The van der Waals surface area contributed by atoms with Gasteiger partial charge in [0.15, 0.2) is 12.5 Å². The largest absolute Gasteiger partial charge is 0.316 e. The van der Waals surface area contributed by atoms with E-state index in [1.54, 1.807) is 12.1 Å². The Morgan fingerprint density at radius 1 is 1.19 bits per heavy atom. The molecule has 1 aromatic heterocycles. The summed E-state index contributed by atoms with van der Waals surface area (Å²) in [4.78, 5) is 1.53. The molecule has 21 heavy (non-hydrogen) atoms. The number of benzene rings is 1. The van der Waals surface area contributed by atoms with Crippen molar-refractivity contribution >= 4 is 12.2 Å². The number of nitrogens with zero attached hydrogens (tertiary/aromatic N) is 3. The summed E-state index contributed by atoms with van der Waals surface area (Å²) in [6.07, 6.45) is 3.89. The van der Waals surface area contributed by atoms with E-state index in [0.29, 0.717) is 4.77 Å². The minimum Gasteiger partial charge on any atom is -0.316 e. The lowest BCUT2D eigenvalue weighted by Crippen LogP contribution is -3.12. The fraction of sp³-hybridized carbons (Fsp3) is 0.467. The van der Waals surface area contributed by atoms with Gasteiger partial charge in [0.05, 0.1) is 13.1 Å². The predicted molar refractivity (Wildman–Crippen MR) is 82.0 cm³/mol.